The molecule has 2 amide bonds. The summed E-state index contributed by atoms with van der Waals surface area (Å²) in [5.41, 5.74) is 2.88. The van der Waals surface area contributed by atoms with Crippen molar-refractivity contribution in [3.63, 3.8) is 0 Å². The largest absolute Gasteiger partial charge is 0.416 e. The van der Waals surface area contributed by atoms with Crippen LogP contribution in [0.15, 0.2) is 72.8 Å². The van der Waals surface area contributed by atoms with E-state index in [4.69, 9.17) is 0 Å². The second-order valence-electron chi connectivity index (χ2n) is 11.6. The first kappa shape index (κ1) is 30.8. The van der Waals surface area contributed by atoms with Crippen LogP contribution in [0.5, 0.6) is 0 Å². The van der Waals surface area contributed by atoms with E-state index in [1.807, 2.05) is 42.5 Å². The van der Waals surface area contributed by atoms with Crippen LogP contribution in [-0.4, -0.2) is 42.2 Å². The van der Waals surface area contributed by atoms with E-state index in [1.165, 1.54) is 6.07 Å². The van der Waals surface area contributed by atoms with E-state index in [9.17, 15) is 27.9 Å². The van der Waals surface area contributed by atoms with Crippen molar-refractivity contribution < 1.29 is 27.9 Å². The summed E-state index contributed by atoms with van der Waals surface area (Å²) in [6.45, 7) is 0.814. The molecule has 3 aromatic rings. The van der Waals surface area contributed by atoms with Gasteiger partial charge in [0.05, 0.1) is 17.7 Å². The minimum Gasteiger partial charge on any atom is -0.390 e. The summed E-state index contributed by atoms with van der Waals surface area (Å²) in [7, 11) is 0. The first-order valence-electron chi connectivity index (χ1n) is 15.0. The summed E-state index contributed by atoms with van der Waals surface area (Å²) in [4.78, 5) is 28.1. The Labute approximate surface area is 250 Å². The molecule has 1 saturated carbocycles. The molecule has 43 heavy (non-hydrogen) atoms. The minimum absolute atomic E-state index is 0.0548. The predicted molar refractivity (Wildman–Crippen MR) is 160 cm³/mol. The molecular weight excluding hydrogens is 555 g/mol. The Morgan fingerprint density at radius 1 is 0.953 bits per heavy atom. The van der Waals surface area contributed by atoms with Gasteiger partial charge in [-0.25, -0.2) is 0 Å². The predicted octanol–water partition coefficient (Wildman–Crippen LogP) is 5.98. The van der Waals surface area contributed by atoms with Crippen molar-refractivity contribution in [1.29, 1.82) is 0 Å². The lowest BCUT2D eigenvalue weighted by atomic mass is 9.94. The van der Waals surface area contributed by atoms with Crippen molar-refractivity contribution in [1.82, 2.24) is 10.6 Å². The Morgan fingerprint density at radius 2 is 1.70 bits per heavy atom. The maximum absolute atomic E-state index is 13.7. The van der Waals surface area contributed by atoms with Gasteiger partial charge in [-0.05, 0) is 72.6 Å². The monoisotopic (exact) mass is 593 g/mol. The van der Waals surface area contributed by atoms with Gasteiger partial charge < -0.3 is 20.6 Å². The molecule has 3 N–H and O–H groups in total. The second-order valence-corrected chi connectivity index (χ2v) is 11.6. The molecule has 1 heterocycles. The molecule has 0 bridgehead atoms. The number of rotatable bonds is 11. The van der Waals surface area contributed by atoms with Gasteiger partial charge in [-0.3, -0.25) is 9.59 Å². The van der Waals surface area contributed by atoms with E-state index in [1.54, 1.807) is 17.0 Å². The second kappa shape index (κ2) is 13.7. The van der Waals surface area contributed by atoms with Crippen LogP contribution in [0.4, 0.5) is 18.9 Å². The topological polar surface area (TPSA) is 81.7 Å². The lowest BCUT2D eigenvalue weighted by molar-refractivity contribution is -0.137. The molecule has 9 heteroatoms. The first-order valence-corrected chi connectivity index (χ1v) is 15.0. The maximum Gasteiger partial charge on any atom is 0.416 e. The number of nitrogens with one attached hydrogen (secondary N) is 2. The SMILES string of the molecule is O=C(NC(Cc1ccccc1)C(O)CNCc1cccc(C(F)(F)F)c1)c1cc(C2CCCC2)cc(N2CCCC2=O)c1. The number of aliphatic hydroxyl groups excluding tert-OH is 1. The quantitative estimate of drug-likeness (QED) is 0.256. The fraction of sp³-hybridized carbons (Fsp3) is 0.412. The Bertz CT molecular complexity index is 1410. The zero-order valence-electron chi connectivity index (χ0n) is 24.1. The van der Waals surface area contributed by atoms with Gasteiger partial charge in [0.2, 0.25) is 5.91 Å². The van der Waals surface area contributed by atoms with Crippen molar-refractivity contribution >= 4 is 17.5 Å². The van der Waals surface area contributed by atoms with Crippen LogP contribution in [0.2, 0.25) is 0 Å². The molecule has 0 aromatic heterocycles. The molecule has 3 aromatic carbocycles. The number of hydrogen-bond donors (Lipinski definition) is 3. The molecule has 0 radical (unpaired) electrons. The maximum atomic E-state index is 13.7. The van der Waals surface area contributed by atoms with Crippen LogP contribution >= 0.6 is 0 Å². The lowest BCUT2D eigenvalue weighted by Crippen LogP contribution is -2.48. The van der Waals surface area contributed by atoms with Crippen molar-refractivity contribution in [3.05, 3.63) is 101 Å². The van der Waals surface area contributed by atoms with Crippen LogP contribution in [0.3, 0.4) is 0 Å². The summed E-state index contributed by atoms with van der Waals surface area (Å²) in [5, 5.41) is 17.3. The van der Waals surface area contributed by atoms with E-state index < -0.39 is 23.9 Å². The number of carbonyl (C=O) groups is 2. The molecule has 228 valence electrons. The highest BCUT2D eigenvalue weighted by molar-refractivity contribution is 5.99. The molecule has 2 fully saturated rings. The van der Waals surface area contributed by atoms with E-state index in [-0.39, 0.29) is 24.9 Å². The van der Waals surface area contributed by atoms with Crippen LogP contribution < -0.4 is 15.5 Å². The number of aliphatic hydroxyl groups is 1. The van der Waals surface area contributed by atoms with Gasteiger partial charge in [0.25, 0.3) is 5.91 Å². The summed E-state index contributed by atoms with van der Waals surface area (Å²) < 4.78 is 39.4. The molecule has 1 aliphatic heterocycles. The molecular formula is C34H38F3N3O3. The zero-order chi connectivity index (χ0) is 30.4. The zero-order valence-corrected chi connectivity index (χ0v) is 24.1. The number of hydrogen-bond acceptors (Lipinski definition) is 4. The Balaban J connectivity index is 1.33. The summed E-state index contributed by atoms with van der Waals surface area (Å²) in [6.07, 6.45) is 0.552. The average molecular weight is 594 g/mol. The lowest BCUT2D eigenvalue weighted by Gasteiger charge is -2.26. The summed E-state index contributed by atoms with van der Waals surface area (Å²) >= 11 is 0. The van der Waals surface area contributed by atoms with Crippen molar-refractivity contribution in [2.24, 2.45) is 0 Å². The van der Waals surface area contributed by atoms with Gasteiger partial charge >= 0.3 is 6.18 Å². The van der Waals surface area contributed by atoms with Gasteiger partial charge in [0, 0.05) is 37.3 Å². The first-order chi connectivity index (χ1) is 20.7. The van der Waals surface area contributed by atoms with E-state index in [0.29, 0.717) is 36.4 Å². The number of halogens is 3. The van der Waals surface area contributed by atoms with Crippen LogP contribution in [0.25, 0.3) is 0 Å². The molecule has 5 rings (SSSR count). The third-order valence-electron chi connectivity index (χ3n) is 8.43. The number of amides is 2. The van der Waals surface area contributed by atoms with Crippen LogP contribution in [0.1, 0.15) is 77.1 Å². The molecule has 6 nitrogen and oxygen atoms in total. The van der Waals surface area contributed by atoms with E-state index >= 15 is 0 Å². The molecule has 2 unspecified atom stereocenters. The molecule has 1 aliphatic carbocycles. The summed E-state index contributed by atoms with van der Waals surface area (Å²) in [6, 6.07) is 19.6. The highest BCUT2D eigenvalue weighted by Gasteiger charge is 2.31. The average Bonchev–Trinajstić information content (AvgIpc) is 3.69. The molecule has 1 saturated heterocycles. The van der Waals surface area contributed by atoms with Gasteiger partial charge in [-0.2, -0.15) is 13.2 Å². The fourth-order valence-corrected chi connectivity index (χ4v) is 6.10. The van der Waals surface area contributed by atoms with Crippen LogP contribution in [-0.2, 0) is 23.9 Å². The van der Waals surface area contributed by atoms with Crippen molar-refractivity contribution in [2.45, 2.75) is 75.7 Å². The third kappa shape index (κ3) is 8.03. The molecule has 2 atom stereocenters. The van der Waals surface area contributed by atoms with Crippen molar-refractivity contribution in [2.75, 3.05) is 18.0 Å². The number of benzene rings is 3. The molecule has 2 aliphatic rings. The summed E-state index contributed by atoms with van der Waals surface area (Å²) in [5.74, 6) is 0.0553. The smallest absolute Gasteiger partial charge is 0.390 e. The Morgan fingerprint density at radius 3 is 2.40 bits per heavy atom. The van der Waals surface area contributed by atoms with E-state index in [0.717, 1.165) is 61.1 Å². The minimum atomic E-state index is -4.43. The molecule has 0 spiro atoms. The van der Waals surface area contributed by atoms with Gasteiger partial charge in [-0.15, -0.1) is 0 Å². The Hall–Kier alpha value is -3.69. The highest BCUT2D eigenvalue weighted by atomic mass is 19.4. The normalized spacial score (nSPS) is 17.3. The van der Waals surface area contributed by atoms with Crippen molar-refractivity contribution in [3.8, 4) is 0 Å². The van der Waals surface area contributed by atoms with Crippen LogP contribution in [0, 0.1) is 0 Å². The van der Waals surface area contributed by atoms with E-state index in [2.05, 4.69) is 10.6 Å². The van der Waals surface area contributed by atoms with Gasteiger partial charge in [-0.1, -0.05) is 61.4 Å². The van der Waals surface area contributed by atoms with Gasteiger partial charge in [0.1, 0.15) is 0 Å². The highest BCUT2D eigenvalue weighted by Crippen LogP contribution is 2.37. The number of anilines is 1. The Kier molecular flexibility index (Phi) is 9.82. The fourth-order valence-electron chi connectivity index (χ4n) is 6.10. The standard InChI is InChI=1S/C34H38F3N3O3/c35-34(36,37)28-13-6-10-24(16-28)21-38-22-31(41)30(17-23-8-2-1-3-9-23)39-33(43)27-18-26(25-11-4-5-12-25)19-29(20-27)40-15-7-14-32(40)42/h1-3,6,8-10,13,16,18-20,25,30-31,38,41H,4-5,7,11-12,14-15,17,21-22H2,(H,39,43). The third-order valence-corrected chi connectivity index (χ3v) is 8.43. The number of carbonyl (C=O) groups excluding carboxylic acids is 2. The van der Waals surface area contributed by atoms with Gasteiger partial charge in [0.15, 0.2) is 0 Å². The number of alkyl halides is 3. The number of nitrogens with zero attached hydrogens (tertiary/aromatic N) is 1.